The molecule has 1 aliphatic carbocycles. The van der Waals surface area contributed by atoms with Gasteiger partial charge in [0.2, 0.25) is 0 Å². The van der Waals surface area contributed by atoms with Crippen molar-refractivity contribution < 1.29 is 0 Å². The fourth-order valence-corrected chi connectivity index (χ4v) is 4.14. The van der Waals surface area contributed by atoms with Crippen LogP contribution >= 0.6 is 11.3 Å². The van der Waals surface area contributed by atoms with Gasteiger partial charge in [0, 0.05) is 16.3 Å². The molecule has 1 unspecified atom stereocenters. The lowest BCUT2D eigenvalue weighted by atomic mass is 9.72. The summed E-state index contributed by atoms with van der Waals surface area (Å²) >= 11 is 1.79. The third-order valence-corrected chi connectivity index (χ3v) is 5.24. The van der Waals surface area contributed by atoms with Crippen molar-refractivity contribution in [3.8, 4) is 0 Å². The van der Waals surface area contributed by atoms with Crippen LogP contribution in [-0.2, 0) is 5.41 Å². The first-order chi connectivity index (χ1) is 8.83. The van der Waals surface area contributed by atoms with Crippen LogP contribution in [0.2, 0.25) is 0 Å². The number of hydrogen-bond donors (Lipinski definition) is 1. The smallest absolute Gasteiger partial charge is 0.0487 e. The van der Waals surface area contributed by atoms with E-state index in [4.69, 9.17) is 5.73 Å². The average Bonchev–Trinajstić information content (AvgIpc) is 3.11. The highest BCUT2D eigenvalue weighted by molar-refractivity contribution is 7.10. The largest absolute Gasteiger partial charge is 0.323 e. The minimum absolute atomic E-state index is 0.141. The summed E-state index contributed by atoms with van der Waals surface area (Å²) in [5.74, 6) is 0. The number of benzene rings is 1. The quantitative estimate of drug-likeness (QED) is 0.873. The molecule has 0 radical (unpaired) electrons. The maximum absolute atomic E-state index is 6.62. The van der Waals surface area contributed by atoms with Crippen molar-refractivity contribution in [1.29, 1.82) is 0 Å². The van der Waals surface area contributed by atoms with E-state index in [0.29, 0.717) is 0 Å². The molecule has 1 aromatic carbocycles. The van der Waals surface area contributed by atoms with E-state index in [1.165, 1.54) is 36.1 Å². The lowest BCUT2D eigenvalue weighted by Gasteiger charge is -2.35. The van der Waals surface area contributed by atoms with Crippen molar-refractivity contribution in [1.82, 2.24) is 0 Å². The standard InChI is InChI=1S/C16H19NS/c17-15(14-9-6-12-18-14)16(10-4-5-11-16)13-7-2-1-3-8-13/h1-3,6-9,12,15H,4-5,10-11,17H2. The Labute approximate surface area is 113 Å². The van der Waals surface area contributed by atoms with Crippen LogP contribution in [-0.4, -0.2) is 0 Å². The van der Waals surface area contributed by atoms with Gasteiger partial charge in [-0.3, -0.25) is 0 Å². The molecule has 0 spiro atoms. The van der Waals surface area contributed by atoms with E-state index in [9.17, 15) is 0 Å². The fraction of sp³-hybridized carbons (Fsp3) is 0.375. The first-order valence-electron chi connectivity index (χ1n) is 6.67. The molecule has 1 fully saturated rings. The molecule has 1 nitrogen and oxygen atoms in total. The van der Waals surface area contributed by atoms with E-state index in [0.717, 1.165) is 0 Å². The normalized spacial score (nSPS) is 19.8. The highest BCUT2D eigenvalue weighted by Gasteiger charge is 2.41. The predicted molar refractivity (Wildman–Crippen MR) is 77.8 cm³/mol. The van der Waals surface area contributed by atoms with E-state index in [1.54, 1.807) is 11.3 Å². The lowest BCUT2D eigenvalue weighted by molar-refractivity contribution is 0.360. The number of nitrogens with two attached hydrogens (primary N) is 1. The molecule has 0 aliphatic heterocycles. The summed E-state index contributed by atoms with van der Waals surface area (Å²) in [7, 11) is 0. The van der Waals surface area contributed by atoms with Crippen molar-refractivity contribution >= 4 is 11.3 Å². The van der Waals surface area contributed by atoms with Crippen LogP contribution in [0, 0.1) is 0 Å². The second kappa shape index (κ2) is 4.87. The molecule has 2 aromatic rings. The Bertz CT molecular complexity index is 483. The molecule has 1 saturated carbocycles. The van der Waals surface area contributed by atoms with E-state index in [2.05, 4.69) is 47.8 Å². The van der Waals surface area contributed by atoms with Crippen LogP contribution < -0.4 is 5.73 Å². The van der Waals surface area contributed by atoms with Crippen molar-refractivity contribution in [2.24, 2.45) is 5.73 Å². The van der Waals surface area contributed by atoms with E-state index >= 15 is 0 Å². The highest BCUT2D eigenvalue weighted by atomic mass is 32.1. The van der Waals surface area contributed by atoms with Gasteiger partial charge in [-0.05, 0) is 29.9 Å². The van der Waals surface area contributed by atoms with Crippen LogP contribution in [0.1, 0.15) is 42.2 Å². The first kappa shape index (κ1) is 11.9. The van der Waals surface area contributed by atoms with Gasteiger partial charge in [-0.25, -0.2) is 0 Å². The van der Waals surface area contributed by atoms with E-state index < -0.39 is 0 Å². The second-order valence-electron chi connectivity index (χ2n) is 5.22. The molecule has 2 heteroatoms. The minimum atomic E-state index is 0.141. The molecule has 0 bridgehead atoms. The van der Waals surface area contributed by atoms with Crippen molar-refractivity contribution in [3.63, 3.8) is 0 Å². The van der Waals surface area contributed by atoms with Gasteiger partial charge in [0.15, 0.2) is 0 Å². The zero-order valence-electron chi connectivity index (χ0n) is 10.5. The summed E-state index contributed by atoms with van der Waals surface area (Å²) in [5, 5.41) is 2.13. The SMILES string of the molecule is NC(c1cccs1)C1(c2ccccc2)CCCC1. The maximum Gasteiger partial charge on any atom is 0.0487 e. The molecule has 18 heavy (non-hydrogen) atoms. The molecule has 0 amide bonds. The predicted octanol–water partition coefficient (Wildman–Crippen LogP) is 4.26. The molecule has 3 rings (SSSR count). The zero-order valence-corrected chi connectivity index (χ0v) is 11.3. The Morgan fingerprint density at radius 3 is 2.33 bits per heavy atom. The summed E-state index contributed by atoms with van der Waals surface area (Å²) < 4.78 is 0. The highest BCUT2D eigenvalue weighted by Crippen LogP contribution is 2.49. The minimum Gasteiger partial charge on any atom is -0.323 e. The van der Waals surface area contributed by atoms with Crippen LogP contribution in [0.25, 0.3) is 0 Å². The molecule has 1 atom stereocenters. The van der Waals surface area contributed by atoms with E-state index in [-0.39, 0.29) is 11.5 Å². The second-order valence-corrected chi connectivity index (χ2v) is 6.20. The average molecular weight is 257 g/mol. The summed E-state index contributed by atoms with van der Waals surface area (Å²) in [5.41, 5.74) is 8.20. The topological polar surface area (TPSA) is 26.0 Å². The lowest BCUT2D eigenvalue weighted by Crippen LogP contribution is -2.35. The Morgan fingerprint density at radius 2 is 1.72 bits per heavy atom. The van der Waals surface area contributed by atoms with Crippen LogP contribution in [0.5, 0.6) is 0 Å². The summed E-state index contributed by atoms with van der Waals surface area (Å²) in [6, 6.07) is 15.3. The van der Waals surface area contributed by atoms with Gasteiger partial charge < -0.3 is 5.73 Å². The summed E-state index contributed by atoms with van der Waals surface area (Å²) in [4.78, 5) is 1.32. The summed E-state index contributed by atoms with van der Waals surface area (Å²) in [6.45, 7) is 0. The van der Waals surface area contributed by atoms with Gasteiger partial charge in [-0.1, -0.05) is 49.2 Å². The molecule has 94 valence electrons. The first-order valence-corrected chi connectivity index (χ1v) is 7.55. The monoisotopic (exact) mass is 257 g/mol. The third-order valence-electron chi connectivity index (χ3n) is 4.29. The zero-order chi connectivity index (χ0) is 12.4. The number of hydrogen-bond acceptors (Lipinski definition) is 2. The van der Waals surface area contributed by atoms with Gasteiger partial charge in [0.05, 0.1) is 0 Å². The van der Waals surface area contributed by atoms with Crippen molar-refractivity contribution in [2.75, 3.05) is 0 Å². The Balaban J connectivity index is 2.02. The molecule has 0 saturated heterocycles. The molecule has 1 aliphatic rings. The summed E-state index contributed by atoms with van der Waals surface area (Å²) in [6.07, 6.45) is 5.04. The maximum atomic E-state index is 6.62. The van der Waals surface area contributed by atoms with Gasteiger partial charge in [-0.15, -0.1) is 11.3 Å². The third kappa shape index (κ3) is 1.90. The molecule has 1 aromatic heterocycles. The van der Waals surface area contributed by atoms with Crippen molar-refractivity contribution in [3.05, 3.63) is 58.3 Å². The Hall–Kier alpha value is -1.12. The Kier molecular flexibility index (Phi) is 3.23. The molecule has 2 N–H and O–H groups in total. The van der Waals surface area contributed by atoms with E-state index in [1.807, 2.05) is 0 Å². The molecule has 1 heterocycles. The van der Waals surface area contributed by atoms with Gasteiger partial charge >= 0.3 is 0 Å². The molecular weight excluding hydrogens is 238 g/mol. The van der Waals surface area contributed by atoms with Gasteiger partial charge in [0.1, 0.15) is 0 Å². The van der Waals surface area contributed by atoms with Crippen LogP contribution in [0.15, 0.2) is 47.8 Å². The number of rotatable bonds is 3. The van der Waals surface area contributed by atoms with Crippen LogP contribution in [0.4, 0.5) is 0 Å². The van der Waals surface area contributed by atoms with Gasteiger partial charge in [0.25, 0.3) is 0 Å². The number of thiophene rings is 1. The van der Waals surface area contributed by atoms with Gasteiger partial charge in [-0.2, -0.15) is 0 Å². The molecular formula is C16H19NS. The van der Waals surface area contributed by atoms with Crippen molar-refractivity contribution in [2.45, 2.75) is 37.1 Å². The fourth-order valence-electron chi connectivity index (χ4n) is 3.30. The van der Waals surface area contributed by atoms with Crippen LogP contribution in [0.3, 0.4) is 0 Å². The Morgan fingerprint density at radius 1 is 1.00 bits per heavy atom.